The molecule has 0 atom stereocenters. The number of halogens is 5. The van der Waals surface area contributed by atoms with Gasteiger partial charge in [0.05, 0.1) is 5.56 Å². The van der Waals surface area contributed by atoms with E-state index in [-0.39, 0.29) is 12.0 Å². The molecule has 0 radical (unpaired) electrons. The summed E-state index contributed by atoms with van der Waals surface area (Å²) >= 11 is 0. The summed E-state index contributed by atoms with van der Waals surface area (Å²) in [5, 5.41) is 0. The lowest BCUT2D eigenvalue weighted by atomic mass is 10.1. The van der Waals surface area contributed by atoms with E-state index in [1.807, 2.05) is 0 Å². The molecule has 21 heavy (non-hydrogen) atoms. The van der Waals surface area contributed by atoms with Crippen LogP contribution in [0.1, 0.15) is 23.7 Å². The van der Waals surface area contributed by atoms with Gasteiger partial charge in [-0.2, -0.15) is 22.0 Å². The standard InChI is InChI=1S/C12H12F5NO3/c1-3-8(19)7-4-5-9(18(2)10(7)20)21-6-11(13,14)12(15,16)17/h4-5H,3,6H2,1-2H3. The number of aromatic nitrogens is 1. The Morgan fingerprint density at radius 3 is 2.29 bits per heavy atom. The molecule has 0 unspecified atom stereocenters. The summed E-state index contributed by atoms with van der Waals surface area (Å²) in [6.45, 7) is -0.430. The quantitative estimate of drug-likeness (QED) is 0.620. The molecule has 0 aromatic carbocycles. The van der Waals surface area contributed by atoms with Gasteiger partial charge in [0.15, 0.2) is 18.3 Å². The minimum atomic E-state index is -5.75. The van der Waals surface area contributed by atoms with Crippen LogP contribution in [0.5, 0.6) is 5.88 Å². The third-order valence-corrected chi connectivity index (χ3v) is 2.70. The fourth-order valence-electron chi connectivity index (χ4n) is 1.41. The molecule has 0 spiro atoms. The van der Waals surface area contributed by atoms with E-state index in [1.54, 1.807) is 0 Å². The first-order chi connectivity index (χ1) is 9.51. The Labute approximate surface area is 116 Å². The van der Waals surface area contributed by atoms with Crippen LogP contribution in [0.3, 0.4) is 0 Å². The van der Waals surface area contributed by atoms with Gasteiger partial charge in [0.2, 0.25) is 0 Å². The average molecular weight is 313 g/mol. The molecular weight excluding hydrogens is 301 g/mol. The predicted molar refractivity (Wildman–Crippen MR) is 62.8 cm³/mol. The highest BCUT2D eigenvalue weighted by Crippen LogP contribution is 2.35. The monoisotopic (exact) mass is 313 g/mol. The third-order valence-electron chi connectivity index (χ3n) is 2.70. The zero-order valence-corrected chi connectivity index (χ0v) is 11.1. The van der Waals surface area contributed by atoms with Crippen molar-refractivity contribution in [3.05, 3.63) is 28.0 Å². The fraction of sp³-hybridized carbons (Fsp3) is 0.500. The van der Waals surface area contributed by atoms with E-state index < -0.39 is 35.9 Å². The summed E-state index contributed by atoms with van der Waals surface area (Å²) < 4.78 is 66.5. The first-order valence-electron chi connectivity index (χ1n) is 5.82. The summed E-state index contributed by atoms with van der Waals surface area (Å²) in [5.41, 5.74) is -1.01. The van der Waals surface area contributed by atoms with Crippen molar-refractivity contribution in [2.24, 2.45) is 7.05 Å². The summed E-state index contributed by atoms with van der Waals surface area (Å²) in [6.07, 6.45) is -5.69. The second-order valence-electron chi connectivity index (χ2n) is 4.22. The molecule has 1 rings (SSSR count). The maximum absolute atomic E-state index is 12.7. The van der Waals surface area contributed by atoms with Gasteiger partial charge in [0, 0.05) is 13.5 Å². The number of nitrogens with zero attached hydrogens (tertiary/aromatic N) is 1. The van der Waals surface area contributed by atoms with Crippen molar-refractivity contribution in [1.82, 2.24) is 4.57 Å². The number of alkyl halides is 5. The van der Waals surface area contributed by atoms with Gasteiger partial charge < -0.3 is 4.74 Å². The van der Waals surface area contributed by atoms with Gasteiger partial charge >= 0.3 is 12.1 Å². The summed E-state index contributed by atoms with van der Waals surface area (Å²) in [6, 6.07) is 2.03. The summed E-state index contributed by atoms with van der Waals surface area (Å²) in [4.78, 5) is 23.2. The zero-order valence-electron chi connectivity index (χ0n) is 11.1. The molecule has 1 aromatic rings. The zero-order chi connectivity index (χ0) is 16.4. The molecule has 0 saturated carbocycles. The number of hydrogen-bond acceptors (Lipinski definition) is 3. The third kappa shape index (κ3) is 3.59. The first-order valence-corrected chi connectivity index (χ1v) is 5.82. The molecule has 118 valence electrons. The van der Waals surface area contributed by atoms with Crippen LogP contribution in [0.25, 0.3) is 0 Å². The van der Waals surface area contributed by atoms with E-state index >= 15 is 0 Å². The van der Waals surface area contributed by atoms with E-state index in [9.17, 15) is 31.5 Å². The highest BCUT2D eigenvalue weighted by Gasteiger charge is 2.58. The Morgan fingerprint density at radius 2 is 1.81 bits per heavy atom. The molecule has 0 aliphatic rings. The maximum atomic E-state index is 12.7. The molecule has 1 heterocycles. The minimum Gasteiger partial charge on any atom is -0.472 e. The molecule has 0 aliphatic heterocycles. The molecular formula is C12H12F5NO3. The van der Waals surface area contributed by atoms with E-state index in [4.69, 9.17) is 0 Å². The lowest BCUT2D eigenvalue weighted by Crippen LogP contribution is -2.42. The Morgan fingerprint density at radius 1 is 1.24 bits per heavy atom. The smallest absolute Gasteiger partial charge is 0.456 e. The molecule has 9 heteroatoms. The van der Waals surface area contributed by atoms with Crippen LogP contribution < -0.4 is 10.3 Å². The van der Waals surface area contributed by atoms with E-state index in [2.05, 4.69) is 4.74 Å². The van der Waals surface area contributed by atoms with Crippen LogP contribution in [-0.4, -0.2) is 29.1 Å². The van der Waals surface area contributed by atoms with E-state index in [0.29, 0.717) is 4.57 Å². The molecule has 0 N–H and O–H groups in total. The number of hydrogen-bond donors (Lipinski definition) is 0. The Bertz CT molecular complexity index is 592. The van der Waals surface area contributed by atoms with Crippen LogP contribution in [-0.2, 0) is 7.05 Å². The van der Waals surface area contributed by atoms with Gasteiger partial charge in [-0.05, 0) is 12.1 Å². The van der Waals surface area contributed by atoms with Crippen LogP contribution >= 0.6 is 0 Å². The summed E-state index contributed by atoms with van der Waals surface area (Å²) in [5.74, 6) is -6.00. The van der Waals surface area contributed by atoms with Crippen LogP contribution in [0, 0.1) is 0 Å². The number of Topliss-reactive ketones (excluding diaryl/α,β-unsaturated/α-hetero) is 1. The van der Waals surface area contributed by atoms with Gasteiger partial charge in [0.1, 0.15) is 0 Å². The van der Waals surface area contributed by atoms with Crippen molar-refractivity contribution < 1.29 is 31.5 Å². The summed E-state index contributed by atoms with van der Waals surface area (Å²) in [7, 11) is 1.11. The lowest BCUT2D eigenvalue weighted by Gasteiger charge is -2.20. The predicted octanol–water partition coefficient (Wildman–Crippen LogP) is 2.55. The molecule has 0 bridgehead atoms. The topological polar surface area (TPSA) is 48.3 Å². The van der Waals surface area contributed by atoms with Crippen molar-refractivity contribution in [3.63, 3.8) is 0 Å². The Kier molecular flexibility index (Phi) is 4.75. The largest absolute Gasteiger partial charge is 0.472 e. The van der Waals surface area contributed by atoms with Crippen molar-refractivity contribution in [2.45, 2.75) is 25.4 Å². The molecule has 4 nitrogen and oxygen atoms in total. The Hall–Kier alpha value is -1.93. The number of ketones is 1. The SMILES string of the molecule is CCC(=O)c1ccc(OCC(F)(F)C(F)(F)F)n(C)c1=O. The number of rotatable bonds is 5. The van der Waals surface area contributed by atoms with Crippen molar-refractivity contribution in [1.29, 1.82) is 0 Å². The van der Waals surface area contributed by atoms with Crippen LogP contribution in [0.15, 0.2) is 16.9 Å². The van der Waals surface area contributed by atoms with Gasteiger partial charge in [-0.3, -0.25) is 14.2 Å². The van der Waals surface area contributed by atoms with Gasteiger partial charge in [-0.1, -0.05) is 6.92 Å². The van der Waals surface area contributed by atoms with Gasteiger partial charge in [-0.15, -0.1) is 0 Å². The maximum Gasteiger partial charge on any atom is 0.456 e. The normalized spacial score (nSPS) is 12.3. The second kappa shape index (κ2) is 5.82. The number of pyridine rings is 1. The fourth-order valence-corrected chi connectivity index (χ4v) is 1.41. The average Bonchev–Trinajstić information content (AvgIpc) is 2.38. The van der Waals surface area contributed by atoms with Crippen molar-refractivity contribution in [2.75, 3.05) is 6.61 Å². The van der Waals surface area contributed by atoms with E-state index in [0.717, 1.165) is 19.2 Å². The minimum absolute atomic E-state index is 0.0571. The van der Waals surface area contributed by atoms with Crippen molar-refractivity contribution >= 4 is 5.78 Å². The van der Waals surface area contributed by atoms with E-state index in [1.165, 1.54) is 6.92 Å². The second-order valence-corrected chi connectivity index (χ2v) is 4.22. The Balaban J connectivity index is 3.00. The van der Waals surface area contributed by atoms with Gasteiger partial charge in [0.25, 0.3) is 5.56 Å². The number of carbonyl (C=O) groups is 1. The molecule has 0 aliphatic carbocycles. The highest BCUT2D eigenvalue weighted by atomic mass is 19.4. The van der Waals surface area contributed by atoms with Crippen LogP contribution in [0.4, 0.5) is 22.0 Å². The molecule has 0 saturated heterocycles. The molecule has 0 amide bonds. The molecule has 0 fully saturated rings. The lowest BCUT2D eigenvalue weighted by molar-refractivity contribution is -0.290. The number of carbonyl (C=O) groups excluding carboxylic acids is 1. The number of ether oxygens (including phenoxy) is 1. The van der Waals surface area contributed by atoms with Crippen LogP contribution in [0.2, 0.25) is 0 Å². The first kappa shape index (κ1) is 17.1. The van der Waals surface area contributed by atoms with Crippen molar-refractivity contribution in [3.8, 4) is 5.88 Å². The highest BCUT2D eigenvalue weighted by molar-refractivity contribution is 5.95. The molecule has 1 aromatic heterocycles. The van der Waals surface area contributed by atoms with Gasteiger partial charge in [-0.25, -0.2) is 0 Å².